The van der Waals surface area contributed by atoms with Crippen molar-refractivity contribution < 1.29 is 47.6 Å². The molecule has 1 aromatic heterocycles. The van der Waals surface area contributed by atoms with Crippen molar-refractivity contribution in [2.75, 3.05) is 11.8 Å². The summed E-state index contributed by atoms with van der Waals surface area (Å²) in [5.74, 6) is -2.48. The molecule has 0 bridgehead atoms. The van der Waals surface area contributed by atoms with Gasteiger partial charge < -0.3 is 4.74 Å². The number of benzene rings is 2. The largest absolute Gasteiger partial charge is 0.417 e. The maximum absolute atomic E-state index is 14.4. The third-order valence-corrected chi connectivity index (χ3v) is 9.63. The number of halogens is 6. The second-order valence-electron chi connectivity index (χ2n) is 8.66. The van der Waals surface area contributed by atoms with Crippen LogP contribution in [0.1, 0.15) is 27.4 Å². The van der Waals surface area contributed by atoms with Gasteiger partial charge in [-0.3, -0.25) is 4.72 Å². The standard InChI is InChI=1S/C23H20ClF5N2O5S2/c1-13-3-5-14(6-4-13)38(34,35)31-12-21(15-7-8-22(36-2,11-20(15)31)23(27,28)29)37(32,33)30-19-10-17(25)16(24)9-18(19)26/h3-6,9-10,12,30H,7-8,11H2,1-2H3/t22-/m1/s1/i2D3. The molecule has 0 saturated heterocycles. The van der Waals surface area contributed by atoms with E-state index in [9.17, 15) is 38.8 Å². The number of nitrogens with one attached hydrogen (secondary N) is 1. The number of aryl methyl sites for hydroxylation is 1. The van der Waals surface area contributed by atoms with Crippen LogP contribution in [0, 0.1) is 18.6 Å². The number of aromatic nitrogens is 1. The van der Waals surface area contributed by atoms with Crippen molar-refractivity contribution in [2.24, 2.45) is 0 Å². The van der Waals surface area contributed by atoms with E-state index in [1.807, 2.05) is 0 Å². The fourth-order valence-electron chi connectivity index (χ4n) is 4.13. The average molecular weight is 602 g/mol. The Labute approximate surface area is 224 Å². The van der Waals surface area contributed by atoms with Crippen LogP contribution in [-0.4, -0.2) is 39.6 Å². The van der Waals surface area contributed by atoms with Gasteiger partial charge in [-0.15, -0.1) is 0 Å². The van der Waals surface area contributed by atoms with E-state index < -0.39 is 102 Å². The highest BCUT2D eigenvalue weighted by molar-refractivity contribution is 7.93. The fraction of sp³-hybridized carbons (Fsp3) is 0.304. The number of hydrogen-bond donors (Lipinski definition) is 1. The van der Waals surface area contributed by atoms with E-state index in [1.165, 1.54) is 12.1 Å². The van der Waals surface area contributed by atoms with E-state index in [0.29, 0.717) is 27.9 Å². The monoisotopic (exact) mass is 601 g/mol. The normalized spacial score (nSPS) is 19.8. The number of hydrogen-bond acceptors (Lipinski definition) is 5. The zero-order chi connectivity index (χ0) is 30.8. The van der Waals surface area contributed by atoms with Crippen LogP contribution in [0.2, 0.25) is 5.02 Å². The number of fused-ring (bicyclic) bond motifs is 1. The molecule has 1 atom stereocenters. The van der Waals surface area contributed by atoms with Gasteiger partial charge in [0.05, 0.1) is 19.7 Å². The Balaban J connectivity index is 1.94. The molecule has 1 aliphatic carbocycles. The van der Waals surface area contributed by atoms with Crippen molar-refractivity contribution >= 4 is 37.3 Å². The molecule has 0 fully saturated rings. The summed E-state index contributed by atoms with van der Waals surface area (Å²) in [5.41, 5.74) is -4.77. The maximum atomic E-state index is 14.4. The lowest BCUT2D eigenvalue weighted by molar-refractivity contribution is -0.273. The second-order valence-corrected chi connectivity index (χ2v) is 12.5. The molecule has 206 valence electrons. The molecule has 0 spiro atoms. The maximum Gasteiger partial charge on any atom is 0.417 e. The number of alkyl halides is 3. The Hall–Kier alpha value is -2.68. The summed E-state index contributed by atoms with van der Waals surface area (Å²) < 4.78 is 154. The second kappa shape index (κ2) is 9.50. The summed E-state index contributed by atoms with van der Waals surface area (Å²) in [6.45, 7) is 1.65. The first-order valence-corrected chi connectivity index (χ1v) is 14.0. The van der Waals surface area contributed by atoms with E-state index in [4.69, 9.17) is 15.7 Å². The first kappa shape index (κ1) is 24.4. The SMILES string of the molecule is [2H]C([2H])([2H])O[C@]1(C(F)(F)F)CCc2c(S(=O)(=O)Nc3cc(F)c(Cl)cc3F)cn(S(=O)(=O)c3ccc(C)cc3)c2C1. The van der Waals surface area contributed by atoms with E-state index in [0.717, 1.165) is 12.1 Å². The number of anilines is 1. The van der Waals surface area contributed by atoms with Crippen LogP contribution >= 0.6 is 11.6 Å². The lowest BCUT2D eigenvalue weighted by atomic mass is 9.83. The first-order chi connectivity index (χ1) is 18.7. The number of rotatable bonds is 6. The van der Waals surface area contributed by atoms with Gasteiger partial charge in [0.25, 0.3) is 20.0 Å². The van der Waals surface area contributed by atoms with Gasteiger partial charge in [-0.1, -0.05) is 29.3 Å². The van der Waals surface area contributed by atoms with Crippen molar-refractivity contribution in [2.45, 2.75) is 47.8 Å². The van der Waals surface area contributed by atoms with Gasteiger partial charge in [0.15, 0.2) is 5.60 Å². The van der Waals surface area contributed by atoms with Crippen molar-refractivity contribution in [3.63, 3.8) is 0 Å². The van der Waals surface area contributed by atoms with Crippen LogP contribution in [0.5, 0.6) is 0 Å². The average Bonchev–Trinajstić information content (AvgIpc) is 3.21. The Kier molecular flexibility index (Phi) is 6.09. The topological polar surface area (TPSA) is 94.5 Å². The summed E-state index contributed by atoms with van der Waals surface area (Å²) in [4.78, 5) is -1.26. The molecule has 4 rings (SSSR count). The summed E-state index contributed by atoms with van der Waals surface area (Å²) >= 11 is 5.49. The number of methoxy groups -OCH3 is 1. The molecule has 3 aromatic rings. The van der Waals surface area contributed by atoms with Crippen molar-refractivity contribution in [3.05, 3.63) is 76.1 Å². The van der Waals surface area contributed by atoms with Crippen LogP contribution in [-0.2, 0) is 37.6 Å². The van der Waals surface area contributed by atoms with Crippen molar-refractivity contribution in [1.82, 2.24) is 3.97 Å². The Morgan fingerprint density at radius 3 is 2.37 bits per heavy atom. The minimum absolute atomic E-state index is 0.308. The van der Waals surface area contributed by atoms with Crippen LogP contribution < -0.4 is 4.72 Å². The highest BCUT2D eigenvalue weighted by Crippen LogP contribution is 2.45. The molecular weight excluding hydrogens is 579 g/mol. The number of sulfonamides is 1. The first-order valence-electron chi connectivity index (χ1n) is 12.2. The van der Waals surface area contributed by atoms with Crippen molar-refractivity contribution in [1.29, 1.82) is 0 Å². The van der Waals surface area contributed by atoms with Crippen LogP contribution in [0.4, 0.5) is 27.6 Å². The van der Waals surface area contributed by atoms with Crippen molar-refractivity contribution in [3.8, 4) is 0 Å². The molecule has 0 saturated carbocycles. The zero-order valence-corrected chi connectivity index (χ0v) is 21.6. The molecule has 0 amide bonds. The lowest BCUT2D eigenvalue weighted by Crippen LogP contribution is -2.51. The molecule has 1 heterocycles. The minimum atomic E-state index is -5.32. The van der Waals surface area contributed by atoms with E-state index in [2.05, 4.69) is 4.74 Å². The molecular formula is C23H20ClF5N2O5S2. The summed E-state index contributed by atoms with van der Waals surface area (Å²) in [6.07, 6.45) is -8.04. The molecule has 2 aromatic carbocycles. The molecule has 7 nitrogen and oxygen atoms in total. The minimum Gasteiger partial charge on any atom is -0.368 e. The summed E-state index contributed by atoms with van der Waals surface area (Å²) in [5, 5.41) is -0.657. The highest BCUT2D eigenvalue weighted by Gasteiger charge is 2.58. The van der Waals surface area contributed by atoms with Gasteiger partial charge in [0.1, 0.15) is 16.5 Å². The third kappa shape index (κ3) is 4.78. The highest BCUT2D eigenvalue weighted by atomic mass is 35.5. The number of nitrogens with zero attached hydrogens (tertiary/aromatic N) is 1. The number of ether oxygens (including phenoxy) is 1. The van der Waals surface area contributed by atoms with E-state index in [1.54, 1.807) is 11.6 Å². The summed E-state index contributed by atoms with van der Waals surface area (Å²) in [6, 6.07) is 6.01. The predicted octanol–water partition coefficient (Wildman–Crippen LogP) is 5.20. The zero-order valence-electron chi connectivity index (χ0n) is 22.2. The molecule has 1 aliphatic rings. The smallest absolute Gasteiger partial charge is 0.368 e. The fourth-order valence-corrected chi connectivity index (χ4v) is 7.11. The molecule has 0 radical (unpaired) electrons. The van der Waals surface area contributed by atoms with Crippen LogP contribution in [0.15, 0.2) is 52.4 Å². The summed E-state index contributed by atoms with van der Waals surface area (Å²) in [7, 11) is -13.3. The Morgan fingerprint density at radius 1 is 1.11 bits per heavy atom. The van der Waals surface area contributed by atoms with Gasteiger partial charge in [-0.05, 0) is 43.5 Å². The molecule has 38 heavy (non-hydrogen) atoms. The molecule has 0 aliphatic heterocycles. The molecule has 1 N–H and O–H groups in total. The van der Waals surface area contributed by atoms with Gasteiger partial charge in [0, 0.05) is 31.4 Å². The van der Waals surface area contributed by atoms with Gasteiger partial charge in [-0.2, -0.15) is 13.2 Å². The quantitative estimate of drug-likeness (QED) is 0.310. The predicted molar refractivity (Wildman–Crippen MR) is 128 cm³/mol. The molecule has 15 heteroatoms. The van der Waals surface area contributed by atoms with Crippen LogP contribution in [0.3, 0.4) is 0 Å². The Morgan fingerprint density at radius 2 is 1.76 bits per heavy atom. The van der Waals surface area contributed by atoms with Gasteiger partial charge in [0.2, 0.25) is 0 Å². The lowest BCUT2D eigenvalue weighted by Gasteiger charge is -2.38. The van der Waals surface area contributed by atoms with Gasteiger partial charge >= 0.3 is 6.18 Å². The van der Waals surface area contributed by atoms with Gasteiger partial charge in [-0.25, -0.2) is 29.6 Å². The van der Waals surface area contributed by atoms with E-state index >= 15 is 0 Å². The third-order valence-electron chi connectivity index (χ3n) is 6.21. The van der Waals surface area contributed by atoms with E-state index in [-0.39, 0.29) is 0 Å². The van der Waals surface area contributed by atoms with Crippen LogP contribution in [0.25, 0.3) is 0 Å². The molecule has 0 unspecified atom stereocenters. The Bertz CT molecular complexity index is 1730.